The molecule has 0 aromatic carbocycles. The molecule has 21 heavy (non-hydrogen) atoms. The Bertz CT molecular complexity index is 345. The van der Waals surface area contributed by atoms with E-state index < -0.39 is 5.60 Å². The Morgan fingerprint density at radius 3 is 2.71 bits per heavy atom. The van der Waals surface area contributed by atoms with E-state index in [0.717, 1.165) is 13.0 Å². The summed E-state index contributed by atoms with van der Waals surface area (Å²) in [6, 6.07) is 0.0873. The molecule has 0 aromatic rings. The Hall–Kier alpha value is -0.690. The number of ether oxygens (including phenoxy) is 2. The molecule has 2 unspecified atom stereocenters. The highest BCUT2D eigenvalue weighted by atomic mass is 16.5. The molecule has 6 nitrogen and oxygen atoms in total. The number of hydrogen-bond acceptors (Lipinski definition) is 5. The van der Waals surface area contributed by atoms with Gasteiger partial charge in [0.25, 0.3) is 0 Å². The maximum atomic E-state index is 12.6. The molecule has 6 heteroatoms. The average molecular weight is 300 g/mol. The molecule has 2 atom stereocenters. The summed E-state index contributed by atoms with van der Waals surface area (Å²) in [4.78, 5) is 14.3. The van der Waals surface area contributed by atoms with E-state index in [0.29, 0.717) is 45.8 Å². The molecule has 0 spiro atoms. The molecular formula is C15H28N2O4. The minimum absolute atomic E-state index is 0.0565. The number of amides is 1. The fourth-order valence-electron chi connectivity index (χ4n) is 3.04. The summed E-state index contributed by atoms with van der Waals surface area (Å²) in [6.45, 7) is 5.54. The third-order valence-electron chi connectivity index (χ3n) is 4.39. The zero-order chi connectivity index (χ0) is 15.3. The molecule has 0 aromatic heterocycles. The van der Waals surface area contributed by atoms with Gasteiger partial charge in [0.2, 0.25) is 5.91 Å². The first-order chi connectivity index (χ1) is 10.1. The van der Waals surface area contributed by atoms with Gasteiger partial charge in [0, 0.05) is 45.7 Å². The number of nitrogens with zero attached hydrogens (tertiary/aromatic N) is 1. The predicted molar refractivity (Wildman–Crippen MR) is 79.0 cm³/mol. The van der Waals surface area contributed by atoms with Gasteiger partial charge in [-0.2, -0.15) is 0 Å². The first-order valence-corrected chi connectivity index (χ1v) is 7.92. The van der Waals surface area contributed by atoms with Crippen molar-refractivity contribution < 1.29 is 19.4 Å². The van der Waals surface area contributed by atoms with Crippen LogP contribution in [0.15, 0.2) is 0 Å². The normalized spacial score (nSPS) is 28.5. The Kier molecular flexibility index (Phi) is 5.98. The zero-order valence-corrected chi connectivity index (χ0v) is 13.1. The van der Waals surface area contributed by atoms with Gasteiger partial charge in [-0.15, -0.1) is 0 Å². The van der Waals surface area contributed by atoms with E-state index in [-0.39, 0.29) is 17.9 Å². The fraction of sp³-hybridized carbons (Fsp3) is 0.933. The van der Waals surface area contributed by atoms with Crippen LogP contribution in [-0.2, 0) is 14.3 Å². The maximum absolute atomic E-state index is 12.6. The molecular weight excluding hydrogens is 272 g/mol. The van der Waals surface area contributed by atoms with Crippen LogP contribution in [0.1, 0.15) is 26.2 Å². The number of likely N-dealkylation sites (N-methyl/N-ethyl adjacent to an activating group) is 1. The van der Waals surface area contributed by atoms with Crippen molar-refractivity contribution in [1.82, 2.24) is 10.2 Å². The summed E-state index contributed by atoms with van der Waals surface area (Å²) < 4.78 is 10.7. The number of rotatable bonds is 6. The summed E-state index contributed by atoms with van der Waals surface area (Å²) >= 11 is 0. The fourth-order valence-corrected chi connectivity index (χ4v) is 3.04. The molecule has 0 aliphatic carbocycles. The largest absolute Gasteiger partial charge is 0.388 e. The van der Waals surface area contributed by atoms with Gasteiger partial charge in [-0.05, 0) is 13.0 Å². The minimum atomic E-state index is -0.811. The van der Waals surface area contributed by atoms with Crippen LogP contribution in [0, 0.1) is 5.92 Å². The van der Waals surface area contributed by atoms with E-state index in [1.54, 1.807) is 11.9 Å². The topological polar surface area (TPSA) is 71.0 Å². The number of hydrogen-bond donors (Lipinski definition) is 2. The Labute approximate surface area is 126 Å². The Balaban J connectivity index is 1.88. The van der Waals surface area contributed by atoms with Gasteiger partial charge in [0.15, 0.2) is 0 Å². The quantitative estimate of drug-likeness (QED) is 0.722. The highest BCUT2D eigenvalue weighted by Crippen LogP contribution is 2.23. The zero-order valence-electron chi connectivity index (χ0n) is 13.1. The van der Waals surface area contributed by atoms with E-state index in [9.17, 15) is 9.90 Å². The smallest absolute Gasteiger partial charge is 0.229 e. The van der Waals surface area contributed by atoms with Gasteiger partial charge in [-0.1, -0.05) is 6.92 Å². The first kappa shape index (κ1) is 16.7. The van der Waals surface area contributed by atoms with Crippen LogP contribution in [0.5, 0.6) is 0 Å². The minimum Gasteiger partial charge on any atom is -0.388 e. The van der Waals surface area contributed by atoms with Crippen molar-refractivity contribution in [3.8, 4) is 0 Å². The highest BCUT2D eigenvalue weighted by molar-refractivity contribution is 5.80. The van der Waals surface area contributed by atoms with Crippen molar-refractivity contribution in [3.05, 3.63) is 0 Å². The summed E-state index contributed by atoms with van der Waals surface area (Å²) in [5.41, 5.74) is -0.811. The lowest BCUT2D eigenvalue weighted by Gasteiger charge is -2.36. The molecule has 0 saturated carbocycles. The maximum Gasteiger partial charge on any atom is 0.229 e. The van der Waals surface area contributed by atoms with Crippen molar-refractivity contribution in [1.29, 1.82) is 0 Å². The molecule has 2 aliphatic heterocycles. The molecule has 2 aliphatic rings. The van der Waals surface area contributed by atoms with E-state index >= 15 is 0 Å². The van der Waals surface area contributed by atoms with E-state index in [2.05, 4.69) is 12.2 Å². The predicted octanol–water partition coefficient (Wildman–Crippen LogP) is 0.000900. The van der Waals surface area contributed by atoms with Crippen molar-refractivity contribution in [2.75, 3.05) is 46.6 Å². The summed E-state index contributed by atoms with van der Waals surface area (Å²) in [6.07, 6.45) is 2.21. The van der Waals surface area contributed by atoms with Crippen LogP contribution in [0.2, 0.25) is 0 Å². The third kappa shape index (κ3) is 4.39. The van der Waals surface area contributed by atoms with Crippen LogP contribution in [0.4, 0.5) is 0 Å². The molecule has 122 valence electrons. The van der Waals surface area contributed by atoms with Crippen molar-refractivity contribution >= 4 is 5.91 Å². The van der Waals surface area contributed by atoms with Gasteiger partial charge in [0.1, 0.15) is 0 Å². The number of carbonyl (C=O) groups is 1. The Morgan fingerprint density at radius 2 is 2.05 bits per heavy atom. The monoisotopic (exact) mass is 300 g/mol. The standard InChI is InChI=1S/C15H28N2O4/c1-3-6-16-13-10-21-9-12(13)14(18)17(2)11-15(19)4-7-20-8-5-15/h12-13,16,19H,3-11H2,1-2H3. The number of carbonyl (C=O) groups excluding carboxylic acids is 1. The number of nitrogens with one attached hydrogen (secondary N) is 1. The van der Waals surface area contributed by atoms with E-state index in [1.807, 2.05) is 0 Å². The molecule has 2 fully saturated rings. The second-order valence-electron chi connectivity index (χ2n) is 6.24. The van der Waals surface area contributed by atoms with Crippen LogP contribution >= 0.6 is 0 Å². The van der Waals surface area contributed by atoms with Gasteiger partial charge in [-0.3, -0.25) is 4.79 Å². The van der Waals surface area contributed by atoms with Crippen molar-refractivity contribution in [2.24, 2.45) is 5.92 Å². The molecule has 0 radical (unpaired) electrons. The third-order valence-corrected chi connectivity index (χ3v) is 4.39. The summed E-state index contributed by atoms with van der Waals surface area (Å²) in [5, 5.41) is 13.9. The highest BCUT2D eigenvalue weighted by Gasteiger charge is 2.38. The van der Waals surface area contributed by atoms with Crippen molar-refractivity contribution in [2.45, 2.75) is 37.8 Å². The second kappa shape index (κ2) is 7.54. The average Bonchev–Trinajstić information content (AvgIpc) is 2.92. The molecule has 2 saturated heterocycles. The summed E-state index contributed by atoms with van der Waals surface area (Å²) in [7, 11) is 1.77. The van der Waals surface area contributed by atoms with E-state index in [1.165, 1.54) is 0 Å². The molecule has 0 bridgehead atoms. The second-order valence-corrected chi connectivity index (χ2v) is 6.24. The summed E-state index contributed by atoms with van der Waals surface area (Å²) in [5.74, 6) is -0.0917. The van der Waals surface area contributed by atoms with Crippen LogP contribution in [0.25, 0.3) is 0 Å². The van der Waals surface area contributed by atoms with Crippen LogP contribution in [-0.4, -0.2) is 74.1 Å². The number of aliphatic hydroxyl groups is 1. The molecule has 2 rings (SSSR count). The first-order valence-electron chi connectivity index (χ1n) is 7.92. The van der Waals surface area contributed by atoms with Crippen LogP contribution in [0.3, 0.4) is 0 Å². The van der Waals surface area contributed by atoms with E-state index in [4.69, 9.17) is 9.47 Å². The molecule has 2 N–H and O–H groups in total. The molecule has 1 amide bonds. The van der Waals surface area contributed by atoms with Gasteiger partial charge < -0.3 is 24.8 Å². The van der Waals surface area contributed by atoms with Gasteiger partial charge in [-0.25, -0.2) is 0 Å². The SMILES string of the molecule is CCCNC1COCC1C(=O)N(C)CC1(O)CCOCC1. The van der Waals surface area contributed by atoms with Crippen LogP contribution < -0.4 is 5.32 Å². The lowest BCUT2D eigenvalue weighted by atomic mass is 9.93. The molecule has 2 heterocycles. The lowest BCUT2D eigenvalue weighted by molar-refractivity contribution is -0.141. The van der Waals surface area contributed by atoms with Gasteiger partial charge in [0.05, 0.1) is 24.7 Å². The Morgan fingerprint density at radius 1 is 1.33 bits per heavy atom. The lowest BCUT2D eigenvalue weighted by Crippen LogP contribution is -2.51. The van der Waals surface area contributed by atoms with Gasteiger partial charge >= 0.3 is 0 Å². The van der Waals surface area contributed by atoms with Crippen molar-refractivity contribution in [3.63, 3.8) is 0 Å².